The molecule has 62 heavy (non-hydrogen) atoms. The Morgan fingerprint density at radius 1 is 0.790 bits per heavy atom. The number of H-pyrrole nitrogens is 1. The number of amides is 1. The first-order valence-electron chi connectivity index (χ1n) is 20.9. The van der Waals surface area contributed by atoms with E-state index in [-0.39, 0.29) is 43.8 Å². The van der Waals surface area contributed by atoms with Gasteiger partial charge in [-0.2, -0.15) is 0 Å². The minimum absolute atomic E-state index is 0.0570. The highest BCUT2D eigenvalue weighted by molar-refractivity contribution is 5.89. The van der Waals surface area contributed by atoms with Gasteiger partial charge in [0.25, 0.3) is 0 Å². The highest BCUT2D eigenvalue weighted by atomic mass is 16.6. The molecule has 5 aromatic carbocycles. The van der Waals surface area contributed by atoms with Crippen molar-refractivity contribution in [1.29, 1.82) is 0 Å². The van der Waals surface area contributed by atoms with Crippen molar-refractivity contribution in [1.82, 2.24) is 20.5 Å². The Balaban J connectivity index is 0.762. The molecule has 0 aliphatic carbocycles. The average molecular weight is 839 g/mol. The number of carbonyl (C=O) groups is 2. The molecule has 0 saturated carbocycles. The summed E-state index contributed by atoms with van der Waals surface area (Å²) in [5.74, 6) is 1.16. The van der Waals surface area contributed by atoms with E-state index in [0.717, 1.165) is 54.7 Å². The number of aromatic amines is 1. The number of fused-ring (bicyclic) bond motifs is 4. The number of phenols is 1. The third-order valence-corrected chi connectivity index (χ3v) is 11.5. The maximum Gasteiger partial charge on any atom is 0.408 e. The summed E-state index contributed by atoms with van der Waals surface area (Å²) in [5.41, 5.74) is 4.60. The summed E-state index contributed by atoms with van der Waals surface area (Å²) in [4.78, 5) is 42.7. The van der Waals surface area contributed by atoms with Crippen molar-refractivity contribution in [2.45, 2.75) is 44.2 Å². The number of esters is 1. The number of aromatic nitrogens is 1. The molecular weight excluding hydrogens is 789 g/mol. The molecular formula is C49H50N4O9. The largest absolute Gasteiger partial charge is 0.506 e. The molecule has 2 unspecified atom stereocenters. The summed E-state index contributed by atoms with van der Waals surface area (Å²) in [6.45, 7) is 4.20. The highest BCUT2D eigenvalue weighted by Crippen LogP contribution is 2.32. The van der Waals surface area contributed by atoms with E-state index in [9.17, 15) is 24.6 Å². The first-order valence-corrected chi connectivity index (χ1v) is 20.9. The molecule has 0 spiro atoms. The lowest BCUT2D eigenvalue weighted by molar-refractivity contribution is -0.0336. The van der Waals surface area contributed by atoms with Gasteiger partial charge in [-0.05, 0) is 108 Å². The smallest absolute Gasteiger partial charge is 0.408 e. The van der Waals surface area contributed by atoms with Crippen LogP contribution in [0, 0.1) is 5.92 Å². The van der Waals surface area contributed by atoms with Gasteiger partial charge in [-0.3, -0.25) is 9.69 Å². The molecule has 3 aliphatic heterocycles. The van der Waals surface area contributed by atoms with Crippen LogP contribution in [0.4, 0.5) is 4.79 Å². The number of phenolic OH excluding ortho intramolecular Hbond substituents is 1. The molecule has 2 bridgehead atoms. The number of piperidine rings is 3. The molecule has 3 fully saturated rings. The van der Waals surface area contributed by atoms with Gasteiger partial charge in [0.2, 0.25) is 5.56 Å². The van der Waals surface area contributed by atoms with Crippen molar-refractivity contribution in [3.05, 3.63) is 171 Å². The Bertz CT molecular complexity index is 2510. The Kier molecular flexibility index (Phi) is 13.4. The van der Waals surface area contributed by atoms with Gasteiger partial charge in [-0.15, -0.1) is 0 Å². The second-order valence-electron chi connectivity index (χ2n) is 15.7. The Hall–Kier alpha value is -6.67. The van der Waals surface area contributed by atoms with Crippen molar-refractivity contribution in [2.75, 3.05) is 39.4 Å². The van der Waals surface area contributed by atoms with Gasteiger partial charge in [0.05, 0.1) is 23.2 Å². The van der Waals surface area contributed by atoms with E-state index in [2.05, 4.69) is 20.5 Å². The maximum atomic E-state index is 13.2. The fraction of sp³-hybridized carbons (Fsp3) is 0.286. The molecule has 1 amide bonds. The lowest BCUT2D eigenvalue weighted by Crippen LogP contribution is -2.52. The van der Waals surface area contributed by atoms with Crippen LogP contribution in [0.2, 0.25) is 0 Å². The molecule has 4 heterocycles. The van der Waals surface area contributed by atoms with Crippen LogP contribution < -0.4 is 25.7 Å². The number of carbonyl (C=O) groups excluding carboxylic acids is 2. The molecule has 9 rings (SSSR count). The van der Waals surface area contributed by atoms with Crippen LogP contribution in [0.5, 0.6) is 17.2 Å². The lowest BCUT2D eigenvalue weighted by atomic mass is 9.86. The van der Waals surface area contributed by atoms with Crippen molar-refractivity contribution < 1.29 is 38.7 Å². The zero-order chi connectivity index (χ0) is 42.8. The summed E-state index contributed by atoms with van der Waals surface area (Å²) in [6, 6.07) is 37.6. The zero-order valence-corrected chi connectivity index (χ0v) is 34.2. The second-order valence-corrected chi connectivity index (χ2v) is 15.7. The minimum atomic E-state index is -0.863. The number of aliphatic hydroxyl groups excluding tert-OH is 1. The number of aliphatic hydroxyl groups is 1. The van der Waals surface area contributed by atoms with E-state index >= 15 is 0 Å². The molecule has 5 N–H and O–H groups in total. The number of nitrogens with zero attached hydrogens (tertiary/aromatic N) is 1. The quantitative estimate of drug-likeness (QED) is 0.0485. The predicted molar refractivity (Wildman–Crippen MR) is 233 cm³/mol. The molecule has 3 saturated heterocycles. The SMILES string of the molecule is O=C(NC(c1ccccc1)c1cccc(OCc2ccc(C(=O)OCCOc3ccc(CNCC(O)c4ccc(O)c5[nH]c(=O)ccc45)cc3)cc2)c1)O[C@H]1CN2CCC1CC2. The van der Waals surface area contributed by atoms with Crippen LogP contribution in [0.25, 0.3) is 10.9 Å². The van der Waals surface area contributed by atoms with E-state index in [1.807, 2.05) is 91.0 Å². The topological polar surface area (TPSA) is 172 Å². The zero-order valence-electron chi connectivity index (χ0n) is 34.2. The molecule has 13 nitrogen and oxygen atoms in total. The summed E-state index contributed by atoms with van der Waals surface area (Å²) in [6.07, 6.45) is 0.745. The fourth-order valence-electron chi connectivity index (χ4n) is 8.12. The van der Waals surface area contributed by atoms with E-state index in [1.54, 1.807) is 24.3 Å². The monoisotopic (exact) mass is 838 g/mol. The Morgan fingerprint density at radius 3 is 2.31 bits per heavy atom. The Labute approximate surface area is 359 Å². The number of hydrogen-bond acceptors (Lipinski definition) is 11. The Morgan fingerprint density at radius 2 is 1.55 bits per heavy atom. The van der Waals surface area contributed by atoms with E-state index in [1.165, 1.54) is 12.1 Å². The maximum absolute atomic E-state index is 13.2. The van der Waals surface area contributed by atoms with Crippen LogP contribution in [-0.4, -0.2) is 77.7 Å². The second kappa shape index (κ2) is 19.8. The number of aromatic hydroxyl groups is 1. The molecule has 1 aromatic heterocycles. The number of pyridine rings is 1. The van der Waals surface area contributed by atoms with Gasteiger partial charge in [0.1, 0.15) is 43.2 Å². The lowest BCUT2D eigenvalue weighted by Gasteiger charge is -2.43. The number of hydrogen-bond donors (Lipinski definition) is 5. The predicted octanol–water partition coefficient (Wildman–Crippen LogP) is 6.78. The number of benzene rings is 5. The molecule has 3 aliphatic rings. The van der Waals surface area contributed by atoms with Crippen LogP contribution in [-0.2, 0) is 22.6 Å². The summed E-state index contributed by atoms with van der Waals surface area (Å²) >= 11 is 0. The number of rotatable bonds is 17. The first kappa shape index (κ1) is 42.0. The standard InChI is InChI=1S/C49H50N4O9/c54-42-19-17-40(41-18-20-45(56)51-47(41)42)43(55)29-50-28-32-11-15-38(16-12-32)59-25-26-60-48(57)36-13-9-33(10-14-36)31-61-39-8-4-7-37(27-39)46(35-5-2-1-3-6-35)52-49(58)62-44-30-53-23-21-34(44)22-24-53/h1-20,27,34,43-44,46,50,54-55H,21-26,28-31H2,(H,51,56)(H,52,58)/t43?,44-,46?/m0/s1. The van der Waals surface area contributed by atoms with Crippen molar-refractivity contribution in [3.8, 4) is 17.2 Å². The van der Waals surface area contributed by atoms with Crippen LogP contribution in [0.3, 0.4) is 0 Å². The van der Waals surface area contributed by atoms with E-state index in [0.29, 0.717) is 46.0 Å². The first-order chi connectivity index (χ1) is 30.3. The van der Waals surface area contributed by atoms with Gasteiger partial charge in [0.15, 0.2) is 0 Å². The van der Waals surface area contributed by atoms with Gasteiger partial charge in [-0.25, -0.2) is 9.59 Å². The molecule has 6 aromatic rings. The highest BCUT2D eigenvalue weighted by Gasteiger charge is 2.37. The fourth-order valence-corrected chi connectivity index (χ4v) is 8.12. The van der Waals surface area contributed by atoms with Crippen LogP contribution in [0.15, 0.2) is 132 Å². The van der Waals surface area contributed by atoms with Gasteiger partial charge in [0, 0.05) is 31.1 Å². The molecule has 3 atom stereocenters. The summed E-state index contributed by atoms with van der Waals surface area (Å²) in [7, 11) is 0. The molecule has 320 valence electrons. The summed E-state index contributed by atoms with van der Waals surface area (Å²) in [5, 5.41) is 27.8. The minimum Gasteiger partial charge on any atom is -0.506 e. The van der Waals surface area contributed by atoms with Gasteiger partial charge in [-0.1, -0.05) is 72.8 Å². The third kappa shape index (κ3) is 10.6. The molecule has 0 radical (unpaired) electrons. The third-order valence-electron chi connectivity index (χ3n) is 11.5. The van der Waals surface area contributed by atoms with Crippen LogP contribution in [0.1, 0.15) is 63.2 Å². The van der Waals surface area contributed by atoms with E-state index in [4.69, 9.17) is 18.9 Å². The van der Waals surface area contributed by atoms with Gasteiger partial charge >= 0.3 is 12.1 Å². The van der Waals surface area contributed by atoms with Crippen LogP contribution >= 0.6 is 0 Å². The number of ether oxygens (including phenoxy) is 4. The molecule has 13 heteroatoms. The summed E-state index contributed by atoms with van der Waals surface area (Å²) < 4.78 is 23.4. The normalized spacial score (nSPS) is 17.8. The van der Waals surface area contributed by atoms with E-state index < -0.39 is 24.2 Å². The number of nitrogens with one attached hydrogen (secondary N) is 3. The van der Waals surface area contributed by atoms with Gasteiger partial charge < -0.3 is 44.8 Å². The van der Waals surface area contributed by atoms with Crippen molar-refractivity contribution in [2.24, 2.45) is 5.92 Å². The van der Waals surface area contributed by atoms with Crippen molar-refractivity contribution >= 4 is 23.0 Å². The number of alkyl carbamates (subject to hydrolysis) is 1. The average Bonchev–Trinajstić information content (AvgIpc) is 3.30. The van der Waals surface area contributed by atoms with Crippen molar-refractivity contribution in [3.63, 3.8) is 0 Å².